The van der Waals surface area contributed by atoms with Crippen LogP contribution in [-0.4, -0.2) is 64.1 Å². The molecular formula is C20H35N5O4S+2. The van der Waals surface area contributed by atoms with Gasteiger partial charge in [0.1, 0.15) is 12.2 Å². The van der Waals surface area contributed by atoms with E-state index in [-0.39, 0.29) is 6.42 Å². The molecule has 2 heterocycles. The van der Waals surface area contributed by atoms with Gasteiger partial charge < -0.3 is 20.9 Å². The Bertz CT molecular complexity index is 753. The Labute approximate surface area is 182 Å². The molecule has 10 heteroatoms. The zero-order valence-corrected chi connectivity index (χ0v) is 19.1. The lowest BCUT2D eigenvalue weighted by molar-refractivity contribution is -0.944. The summed E-state index contributed by atoms with van der Waals surface area (Å²) in [5.41, 5.74) is 10.7. The van der Waals surface area contributed by atoms with E-state index in [1.54, 1.807) is 0 Å². The van der Waals surface area contributed by atoms with Crippen molar-refractivity contribution in [2.75, 3.05) is 26.7 Å². The van der Waals surface area contributed by atoms with Crippen LogP contribution >= 0.6 is 11.7 Å². The molecule has 2 unspecified atom stereocenters. The molecule has 30 heavy (non-hydrogen) atoms. The molecule has 9 nitrogen and oxygen atoms in total. The second-order valence-corrected chi connectivity index (χ2v) is 8.64. The first-order valence-electron chi connectivity index (χ1n) is 10.6. The van der Waals surface area contributed by atoms with Crippen molar-refractivity contribution in [3.05, 3.63) is 11.8 Å². The summed E-state index contributed by atoms with van der Waals surface area (Å²) >= 11 is 1.15. The van der Waals surface area contributed by atoms with Crippen LogP contribution in [0, 0.1) is 0 Å². The normalized spacial score (nSPS) is 20.9. The van der Waals surface area contributed by atoms with Crippen molar-refractivity contribution in [2.24, 2.45) is 5.73 Å². The molecule has 5 N–H and O–H groups in total. The Balaban J connectivity index is 1.99. The summed E-state index contributed by atoms with van der Waals surface area (Å²) < 4.78 is 20.8. The molecule has 1 aliphatic rings. The fraction of sp³-hybridized carbons (Fsp3) is 0.700. The third-order valence-electron chi connectivity index (χ3n) is 5.51. The monoisotopic (exact) mass is 441 g/mol. The van der Waals surface area contributed by atoms with E-state index < -0.39 is 24.1 Å². The first-order chi connectivity index (χ1) is 14.3. The van der Waals surface area contributed by atoms with Crippen molar-refractivity contribution >= 4 is 29.2 Å². The van der Waals surface area contributed by atoms with Gasteiger partial charge in [-0.3, -0.25) is 9.28 Å². The third kappa shape index (κ3) is 6.75. The Kier molecular flexibility index (Phi) is 9.19. The minimum Gasteiger partial charge on any atom is -0.475 e. The SMILES string of the molecule is CCCCCCOc1nsnc1C1=CCC[N+](C)(C(C)OC(=O)[C@@H]([NH3+])CC(N)=O)C1. The van der Waals surface area contributed by atoms with Gasteiger partial charge in [-0.25, -0.2) is 4.79 Å². The summed E-state index contributed by atoms with van der Waals surface area (Å²) in [5.74, 6) is -0.496. The van der Waals surface area contributed by atoms with Crippen molar-refractivity contribution in [3.8, 4) is 5.88 Å². The van der Waals surface area contributed by atoms with Crippen LogP contribution in [0.25, 0.3) is 5.57 Å². The Morgan fingerprint density at radius 3 is 2.80 bits per heavy atom. The van der Waals surface area contributed by atoms with Crippen molar-refractivity contribution in [1.82, 2.24) is 8.75 Å². The molecule has 0 spiro atoms. The Morgan fingerprint density at radius 2 is 2.10 bits per heavy atom. The van der Waals surface area contributed by atoms with Crippen LogP contribution in [0.4, 0.5) is 0 Å². The molecular weight excluding hydrogens is 406 g/mol. The molecule has 0 fully saturated rings. The quantitative estimate of drug-likeness (QED) is 0.284. The van der Waals surface area contributed by atoms with Gasteiger partial charge in [-0.1, -0.05) is 32.3 Å². The summed E-state index contributed by atoms with van der Waals surface area (Å²) in [4.78, 5) is 23.3. The van der Waals surface area contributed by atoms with E-state index in [1.165, 1.54) is 12.8 Å². The minimum absolute atomic E-state index is 0.121. The van der Waals surface area contributed by atoms with Gasteiger partial charge in [0.05, 0.1) is 38.3 Å². The zero-order valence-electron chi connectivity index (χ0n) is 18.3. The van der Waals surface area contributed by atoms with E-state index in [4.69, 9.17) is 15.2 Å². The number of esters is 1. The fourth-order valence-electron chi connectivity index (χ4n) is 3.44. The highest BCUT2D eigenvalue weighted by Crippen LogP contribution is 2.31. The highest BCUT2D eigenvalue weighted by atomic mass is 32.1. The number of hydrogen-bond acceptors (Lipinski definition) is 7. The number of carbonyl (C=O) groups excluding carboxylic acids is 2. The number of nitrogens with two attached hydrogens (primary N) is 1. The lowest BCUT2D eigenvalue weighted by atomic mass is 10.0. The van der Waals surface area contributed by atoms with Gasteiger partial charge in [0.2, 0.25) is 12.1 Å². The summed E-state index contributed by atoms with van der Waals surface area (Å²) in [6, 6.07) is -0.799. The van der Waals surface area contributed by atoms with E-state index in [9.17, 15) is 9.59 Å². The van der Waals surface area contributed by atoms with Gasteiger partial charge in [0.25, 0.3) is 5.88 Å². The topological polar surface area (TPSA) is 132 Å². The molecule has 3 atom stereocenters. The maximum absolute atomic E-state index is 12.3. The molecule has 0 saturated heterocycles. The number of amides is 1. The van der Waals surface area contributed by atoms with Crippen molar-refractivity contribution in [3.63, 3.8) is 0 Å². The number of quaternary nitrogens is 2. The van der Waals surface area contributed by atoms with E-state index >= 15 is 0 Å². The maximum atomic E-state index is 12.3. The molecule has 0 bridgehead atoms. The molecule has 1 aliphatic heterocycles. The first kappa shape index (κ1) is 24.2. The van der Waals surface area contributed by atoms with Crippen molar-refractivity contribution < 1.29 is 29.3 Å². The van der Waals surface area contributed by atoms with E-state index in [1.807, 2.05) is 14.0 Å². The van der Waals surface area contributed by atoms with Crippen LogP contribution < -0.4 is 16.2 Å². The van der Waals surface area contributed by atoms with Gasteiger partial charge >= 0.3 is 5.97 Å². The van der Waals surface area contributed by atoms with E-state index in [0.29, 0.717) is 23.5 Å². The minimum atomic E-state index is -0.799. The van der Waals surface area contributed by atoms with Crippen LogP contribution in [0.15, 0.2) is 6.08 Å². The summed E-state index contributed by atoms with van der Waals surface area (Å²) in [6.07, 6.45) is 7.01. The average Bonchev–Trinajstić information content (AvgIpc) is 3.16. The van der Waals surface area contributed by atoms with Crippen LogP contribution in [0.3, 0.4) is 0 Å². The molecule has 0 radical (unpaired) electrons. The number of primary amides is 1. The van der Waals surface area contributed by atoms with Crippen molar-refractivity contribution in [2.45, 2.75) is 64.6 Å². The van der Waals surface area contributed by atoms with Crippen LogP contribution in [-0.2, 0) is 14.3 Å². The molecule has 1 amide bonds. The summed E-state index contributed by atoms with van der Waals surface area (Å²) in [5, 5.41) is 0. The number of rotatable bonds is 12. The molecule has 0 aliphatic carbocycles. The number of hydrogen-bond donors (Lipinski definition) is 2. The predicted octanol–water partition coefficient (Wildman–Crippen LogP) is 1.11. The average molecular weight is 442 g/mol. The zero-order chi connectivity index (χ0) is 22.1. The number of likely N-dealkylation sites (N-methyl/N-ethyl adjacent to an activating group) is 1. The lowest BCUT2D eigenvalue weighted by Gasteiger charge is -2.41. The lowest BCUT2D eigenvalue weighted by Crippen LogP contribution is -2.67. The maximum Gasteiger partial charge on any atom is 0.369 e. The molecule has 1 aromatic heterocycles. The molecule has 168 valence electrons. The second kappa shape index (κ2) is 11.4. The number of carbonyl (C=O) groups is 2. The summed E-state index contributed by atoms with van der Waals surface area (Å²) in [7, 11) is 2.04. The van der Waals surface area contributed by atoms with Crippen LogP contribution in [0.1, 0.15) is 58.1 Å². The standard InChI is InChI=1S/C20H33N5O4S/c1-4-5-6-7-11-28-19-18(23-30-24-19)15-9-8-10-25(3,13-15)14(2)29-20(27)16(21)12-17(22)26/h9,14,16H,4-8,10-13,21H2,1-3H3,(H-,22,26)/p+2/t14?,16-,25?/m0/s1. The van der Waals surface area contributed by atoms with Gasteiger partial charge in [-0.05, 0) is 6.42 Å². The van der Waals surface area contributed by atoms with E-state index in [2.05, 4.69) is 27.5 Å². The van der Waals surface area contributed by atoms with Crippen LogP contribution in [0.2, 0.25) is 0 Å². The molecule has 2 rings (SSSR count). The Morgan fingerprint density at radius 1 is 1.33 bits per heavy atom. The number of aromatic nitrogens is 2. The highest BCUT2D eigenvalue weighted by Gasteiger charge is 2.38. The van der Waals surface area contributed by atoms with Gasteiger partial charge in [-0.15, -0.1) is 4.37 Å². The predicted molar refractivity (Wildman–Crippen MR) is 114 cm³/mol. The number of unbranched alkanes of at least 4 members (excludes halogenated alkanes) is 3. The Hall–Kier alpha value is -2.04. The molecule has 0 aromatic carbocycles. The second-order valence-electron chi connectivity index (χ2n) is 8.11. The molecule has 0 saturated carbocycles. The van der Waals surface area contributed by atoms with Crippen molar-refractivity contribution in [1.29, 1.82) is 0 Å². The van der Waals surface area contributed by atoms with Gasteiger partial charge in [0, 0.05) is 18.9 Å². The largest absolute Gasteiger partial charge is 0.475 e. The van der Waals surface area contributed by atoms with Crippen LogP contribution in [0.5, 0.6) is 5.88 Å². The first-order valence-corrected chi connectivity index (χ1v) is 11.3. The third-order valence-corrected chi connectivity index (χ3v) is 6.02. The number of ether oxygens (including phenoxy) is 2. The molecule has 1 aromatic rings. The van der Waals surface area contributed by atoms with Gasteiger partial charge in [0.15, 0.2) is 6.04 Å². The smallest absolute Gasteiger partial charge is 0.369 e. The van der Waals surface area contributed by atoms with E-state index in [0.717, 1.165) is 48.8 Å². The fourth-order valence-corrected chi connectivity index (χ4v) is 3.97. The highest BCUT2D eigenvalue weighted by molar-refractivity contribution is 6.99. The van der Waals surface area contributed by atoms with Gasteiger partial charge in [-0.2, -0.15) is 4.37 Å². The summed E-state index contributed by atoms with van der Waals surface area (Å²) in [6.45, 7) is 6.14. The number of nitrogens with zero attached hydrogens (tertiary/aromatic N) is 3.